The maximum atomic E-state index is 11.9. The second kappa shape index (κ2) is 6.08. The standard InChI is InChI=1S/C17H15Cl2NO/c18-14-5-1-11(2-6-14)9-16(19)13-4-3-12-7-8-20-17(21)15(12)10-13/h1-6,10,16H,7-9H2,(H,20,21). The zero-order valence-corrected chi connectivity index (χ0v) is 12.9. The van der Waals surface area contributed by atoms with Crippen LogP contribution in [0.3, 0.4) is 0 Å². The molecule has 0 fully saturated rings. The molecule has 1 atom stereocenters. The summed E-state index contributed by atoms with van der Waals surface area (Å²) in [6.07, 6.45) is 1.59. The molecule has 1 aliphatic heterocycles. The Bertz CT molecular complexity index is 667. The lowest BCUT2D eigenvalue weighted by atomic mass is 9.95. The monoisotopic (exact) mass is 319 g/mol. The molecule has 4 heteroatoms. The van der Waals surface area contributed by atoms with Crippen LogP contribution in [0.1, 0.15) is 32.4 Å². The molecule has 1 N–H and O–H groups in total. The van der Waals surface area contributed by atoms with Crippen molar-refractivity contribution >= 4 is 29.1 Å². The lowest BCUT2D eigenvalue weighted by Crippen LogP contribution is -2.31. The second-order valence-electron chi connectivity index (χ2n) is 5.22. The third kappa shape index (κ3) is 3.22. The van der Waals surface area contributed by atoms with Gasteiger partial charge in [-0.25, -0.2) is 0 Å². The molecule has 1 unspecified atom stereocenters. The molecule has 0 saturated carbocycles. The Labute approximate surface area is 134 Å². The number of rotatable bonds is 3. The summed E-state index contributed by atoms with van der Waals surface area (Å²) in [5.41, 5.74) is 3.95. The molecule has 21 heavy (non-hydrogen) atoms. The van der Waals surface area contributed by atoms with E-state index in [9.17, 15) is 4.79 Å². The molecule has 1 amide bonds. The van der Waals surface area contributed by atoms with Crippen molar-refractivity contribution in [1.29, 1.82) is 0 Å². The van der Waals surface area contributed by atoms with Crippen molar-refractivity contribution in [3.05, 3.63) is 69.7 Å². The van der Waals surface area contributed by atoms with Crippen molar-refractivity contribution < 1.29 is 4.79 Å². The minimum Gasteiger partial charge on any atom is -0.352 e. The van der Waals surface area contributed by atoms with Crippen molar-refractivity contribution in [1.82, 2.24) is 5.32 Å². The summed E-state index contributed by atoms with van der Waals surface area (Å²) in [5.74, 6) is -0.00606. The summed E-state index contributed by atoms with van der Waals surface area (Å²) in [6, 6.07) is 13.6. The van der Waals surface area contributed by atoms with Crippen molar-refractivity contribution in [2.75, 3.05) is 6.54 Å². The summed E-state index contributed by atoms with van der Waals surface area (Å²) in [5, 5.41) is 3.42. The van der Waals surface area contributed by atoms with E-state index in [-0.39, 0.29) is 11.3 Å². The van der Waals surface area contributed by atoms with Crippen LogP contribution in [0.15, 0.2) is 42.5 Å². The van der Waals surface area contributed by atoms with Gasteiger partial charge < -0.3 is 5.32 Å². The zero-order valence-electron chi connectivity index (χ0n) is 11.4. The van der Waals surface area contributed by atoms with Gasteiger partial charge in [-0.1, -0.05) is 35.9 Å². The van der Waals surface area contributed by atoms with E-state index in [0.29, 0.717) is 13.0 Å². The van der Waals surface area contributed by atoms with E-state index < -0.39 is 0 Å². The number of hydrogen-bond donors (Lipinski definition) is 1. The molecule has 1 aliphatic rings. The molecule has 0 saturated heterocycles. The second-order valence-corrected chi connectivity index (χ2v) is 6.18. The smallest absolute Gasteiger partial charge is 0.251 e. The van der Waals surface area contributed by atoms with Crippen LogP contribution in [0.4, 0.5) is 0 Å². The molecule has 2 aromatic carbocycles. The molecule has 2 nitrogen and oxygen atoms in total. The SMILES string of the molecule is O=C1NCCc2ccc(C(Cl)Cc3ccc(Cl)cc3)cc21. The lowest BCUT2D eigenvalue weighted by molar-refractivity contribution is 0.0946. The van der Waals surface area contributed by atoms with Gasteiger partial charge in [0.25, 0.3) is 5.91 Å². The Kier molecular flexibility index (Phi) is 4.18. The van der Waals surface area contributed by atoms with Crippen LogP contribution in [0.5, 0.6) is 0 Å². The number of fused-ring (bicyclic) bond motifs is 1. The summed E-state index contributed by atoms with van der Waals surface area (Å²) < 4.78 is 0. The number of nitrogens with one attached hydrogen (secondary N) is 1. The minimum atomic E-state index is -0.161. The van der Waals surface area contributed by atoms with E-state index >= 15 is 0 Å². The number of benzene rings is 2. The van der Waals surface area contributed by atoms with Gasteiger partial charge in [0, 0.05) is 17.1 Å². The van der Waals surface area contributed by atoms with Crippen LogP contribution in [0.25, 0.3) is 0 Å². The number of alkyl halides is 1. The van der Waals surface area contributed by atoms with Crippen LogP contribution in [0, 0.1) is 0 Å². The highest BCUT2D eigenvalue weighted by molar-refractivity contribution is 6.30. The summed E-state index contributed by atoms with van der Waals surface area (Å²) >= 11 is 12.4. The molecular weight excluding hydrogens is 305 g/mol. The van der Waals surface area contributed by atoms with Crippen molar-refractivity contribution in [2.45, 2.75) is 18.2 Å². The van der Waals surface area contributed by atoms with Gasteiger partial charge in [0.05, 0.1) is 5.38 Å². The zero-order chi connectivity index (χ0) is 14.8. The van der Waals surface area contributed by atoms with Crippen LogP contribution in [-0.2, 0) is 12.8 Å². The van der Waals surface area contributed by atoms with Gasteiger partial charge in [-0.15, -0.1) is 11.6 Å². The maximum absolute atomic E-state index is 11.9. The van der Waals surface area contributed by atoms with E-state index in [4.69, 9.17) is 23.2 Å². The molecule has 0 spiro atoms. The molecule has 108 valence electrons. The molecule has 0 radical (unpaired) electrons. The fourth-order valence-corrected chi connectivity index (χ4v) is 3.01. The van der Waals surface area contributed by atoms with Crippen LogP contribution < -0.4 is 5.32 Å². The normalized spacial score (nSPS) is 15.2. The minimum absolute atomic E-state index is 0.00606. The summed E-state index contributed by atoms with van der Waals surface area (Å²) in [6.45, 7) is 0.709. The van der Waals surface area contributed by atoms with Crippen LogP contribution in [0.2, 0.25) is 5.02 Å². The van der Waals surface area contributed by atoms with Gasteiger partial charge in [-0.2, -0.15) is 0 Å². The Morgan fingerprint density at radius 1 is 1.14 bits per heavy atom. The number of hydrogen-bond acceptors (Lipinski definition) is 1. The van der Waals surface area contributed by atoms with Crippen molar-refractivity contribution in [2.24, 2.45) is 0 Å². The van der Waals surface area contributed by atoms with E-state index in [0.717, 1.165) is 33.7 Å². The van der Waals surface area contributed by atoms with E-state index in [1.165, 1.54) is 0 Å². The predicted octanol–water partition coefficient (Wildman–Crippen LogP) is 4.15. The topological polar surface area (TPSA) is 29.1 Å². The number of amides is 1. The van der Waals surface area contributed by atoms with E-state index in [1.54, 1.807) is 0 Å². The van der Waals surface area contributed by atoms with Gasteiger partial charge in [0.1, 0.15) is 0 Å². The number of carbonyl (C=O) groups excluding carboxylic acids is 1. The fraction of sp³-hybridized carbons (Fsp3) is 0.235. The summed E-state index contributed by atoms with van der Waals surface area (Å²) in [4.78, 5) is 11.9. The highest BCUT2D eigenvalue weighted by atomic mass is 35.5. The van der Waals surface area contributed by atoms with E-state index in [2.05, 4.69) is 5.32 Å². The summed E-state index contributed by atoms with van der Waals surface area (Å²) in [7, 11) is 0. The van der Waals surface area contributed by atoms with Gasteiger partial charge in [-0.05, 0) is 47.7 Å². The number of carbonyl (C=O) groups is 1. The molecule has 3 rings (SSSR count). The molecule has 0 aromatic heterocycles. The van der Waals surface area contributed by atoms with Gasteiger partial charge >= 0.3 is 0 Å². The first-order chi connectivity index (χ1) is 10.1. The van der Waals surface area contributed by atoms with E-state index in [1.807, 2.05) is 42.5 Å². The number of halogens is 2. The van der Waals surface area contributed by atoms with Crippen LogP contribution >= 0.6 is 23.2 Å². The molecule has 0 bridgehead atoms. The fourth-order valence-electron chi connectivity index (χ4n) is 2.57. The Hall–Kier alpha value is -1.51. The van der Waals surface area contributed by atoms with Crippen LogP contribution in [-0.4, -0.2) is 12.5 Å². The first-order valence-electron chi connectivity index (χ1n) is 6.93. The van der Waals surface area contributed by atoms with Gasteiger partial charge in [0.15, 0.2) is 0 Å². The average Bonchev–Trinajstić information content (AvgIpc) is 2.50. The molecule has 1 heterocycles. The highest BCUT2D eigenvalue weighted by Gasteiger charge is 2.19. The highest BCUT2D eigenvalue weighted by Crippen LogP contribution is 2.28. The third-order valence-corrected chi connectivity index (χ3v) is 4.41. The molecule has 2 aromatic rings. The first kappa shape index (κ1) is 14.4. The van der Waals surface area contributed by atoms with Gasteiger partial charge in [-0.3, -0.25) is 4.79 Å². The van der Waals surface area contributed by atoms with Gasteiger partial charge in [0.2, 0.25) is 0 Å². The predicted molar refractivity (Wildman–Crippen MR) is 86.2 cm³/mol. The third-order valence-electron chi connectivity index (χ3n) is 3.75. The first-order valence-corrected chi connectivity index (χ1v) is 7.74. The quantitative estimate of drug-likeness (QED) is 0.846. The lowest BCUT2D eigenvalue weighted by Gasteiger charge is -2.18. The maximum Gasteiger partial charge on any atom is 0.251 e. The molecule has 0 aliphatic carbocycles. The molecular formula is C17H15Cl2NO. The van der Waals surface area contributed by atoms with Crippen molar-refractivity contribution in [3.8, 4) is 0 Å². The Morgan fingerprint density at radius 3 is 2.67 bits per heavy atom. The van der Waals surface area contributed by atoms with Crippen molar-refractivity contribution in [3.63, 3.8) is 0 Å². The average molecular weight is 320 g/mol. The largest absolute Gasteiger partial charge is 0.352 e. The Morgan fingerprint density at radius 2 is 1.90 bits per heavy atom. The Balaban J connectivity index is 1.81.